The number of piperazine rings is 1. The van der Waals surface area contributed by atoms with E-state index in [4.69, 9.17) is 5.14 Å². The molecule has 0 aliphatic carbocycles. The van der Waals surface area contributed by atoms with E-state index >= 15 is 0 Å². The van der Waals surface area contributed by atoms with Crippen LogP contribution in [0, 0.1) is 6.92 Å². The number of fused-ring (bicyclic) bond motifs is 1. The molecule has 1 aliphatic rings. The minimum absolute atomic E-state index is 0.0276. The van der Waals surface area contributed by atoms with Gasteiger partial charge in [-0.3, -0.25) is 9.59 Å². The van der Waals surface area contributed by atoms with Crippen LogP contribution in [0.1, 0.15) is 21.5 Å². The molecule has 0 bridgehead atoms. The van der Waals surface area contributed by atoms with Crippen molar-refractivity contribution in [1.82, 2.24) is 20.2 Å². The van der Waals surface area contributed by atoms with E-state index in [0.29, 0.717) is 22.5 Å². The van der Waals surface area contributed by atoms with Gasteiger partial charge in [0.05, 0.1) is 16.2 Å². The molecule has 2 amide bonds. The van der Waals surface area contributed by atoms with Gasteiger partial charge in [0.2, 0.25) is 15.9 Å². The molecule has 48 heavy (non-hydrogen) atoms. The molecule has 0 atom stereocenters. The van der Waals surface area contributed by atoms with Gasteiger partial charge in [-0.2, -0.15) is 0 Å². The number of primary sulfonamides is 1. The van der Waals surface area contributed by atoms with Crippen molar-refractivity contribution >= 4 is 44.2 Å². The number of nitrogens with two attached hydrogens (primary N) is 1. The van der Waals surface area contributed by atoms with Gasteiger partial charge in [0.25, 0.3) is 5.91 Å². The Morgan fingerprint density at radius 3 is 2.44 bits per heavy atom. The van der Waals surface area contributed by atoms with Crippen molar-refractivity contribution in [1.29, 1.82) is 0 Å². The average Bonchev–Trinajstić information content (AvgIpc) is 3.47. The lowest BCUT2D eigenvalue weighted by atomic mass is 9.96. The van der Waals surface area contributed by atoms with Crippen molar-refractivity contribution in [2.24, 2.45) is 5.14 Å². The summed E-state index contributed by atoms with van der Waals surface area (Å²) in [5.74, 6) is -0.692. The Morgan fingerprint density at radius 2 is 1.73 bits per heavy atom. The number of anilines is 2. The summed E-state index contributed by atoms with van der Waals surface area (Å²) in [5.41, 5.74) is 7.61. The van der Waals surface area contributed by atoms with Crippen LogP contribution in [0.2, 0.25) is 0 Å². The monoisotopic (exact) mass is 663 g/mol. The summed E-state index contributed by atoms with van der Waals surface area (Å²) in [6.07, 6.45) is 2.73. The van der Waals surface area contributed by atoms with E-state index in [1.54, 1.807) is 18.2 Å². The Bertz CT molecular complexity index is 2130. The lowest BCUT2D eigenvalue weighted by Crippen LogP contribution is -2.44. The van der Waals surface area contributed by atoms with E-state index < -0.39 is 10.0 Å². The maximum absolute atomic E-state index is 13.4. The van der Waals surface area contributed by atoms with Gasteiger partial charge in [0, 0.05) is 61.2 Å². The highest BCUT2D eigenvalue weighted by Gasteiger charge is 2.21. The van der Waals surface area contributed by atoms with Crippen LogP contribution in [0.5, 0.6) is 0 Å². The van der Waals surface area contributed by atoms with E-state index in [0.717, 1.165) is 65.2 Å². The second-order valence-corrected chi connectivity index (χ2v) is 13.5. The molecule has 0 unspecified atom stereocenters. The van der Waals surface area contributed by atoms with Gasteiger partial charge in [0.15, 0.2) is 0 Å². The Hall–Kier alpha value is -5.30. The maximum Gasteiger partial charge on any atom is 0.253 e. The number of aromatic amines is 1. The SMILES string of the molecule is C=CC(=O)Nc1cc(-c2c(-c3ccc(N4CCN(C)CC4)cc3)[nH]c3ncc(C(=O)NCc4cccc(S(N)(=O)=O)c4)cc23)ccc1C. The summed E-state index contributed by atoms with van der Waals surface area (Å²) < 4.78 is 23.6. The van der Waals surface area contributed by atoms with Gasteiger partial charge in [-0.05, 0) is 78.7 Å². The minimum Gasteiger partial charge on any atom is -0.369 e. The Morgan fingerprint density at radius 1 is 1.00 bits per heavy atom. The van der Waals surface area contributed by atoms with Crippen LogP contribution in [0.15, 0.2) is 96.5 Å². The summed E-state index contributed by atoms with van der Waals surface area (Å²) in [5, 5.41) is 11.7. The smallest absolute Gasteiger partial charge is 0.253 e. The third-order valence-electron chi connectivity index (χ3n) is 8.59. The number of aromatic nitrogens is 2. The summed E-state index contributed by atoms with van der Waals surface area (Å²) >= 11 is 0. The predicted octanol–water partition coefficient (Wildman–Crippen LogP) is 4.66. The first-order valence-electron chi connectivity index (χ1n) is 15.5. The van der Waals surface area contributed by atoms with Crippen LogP contribution in [-0.2, 0) is 21.4 Å². The predicted molar refractivity (Wildman–Crippen MR) is 189 cm³/mol. The summed E-state index contributed by atoms with van der Waals surface area (Å²) in [6.45, 7) is 9.52. The van der Waals surface area contributed by atoms with Crippen molar-refractivity contribution < 1.29 is 18.0 Å². The number of H-pyrrole nitrogens is 1. The minimum atomic E-state index is -3.88. The van der Waals surface area contributed by atoms with Crippen LogP contribution in [-0.4, -0.2) is 68.3 Å². The largest absolute Gasteiger partial charge is 0.369 e. The van der Waals surface area contributed by atoms with Crippen molar-refractivity contribution in [3.8, 4) is 22.4 Å². The van der Waals surface area contributed by atoms with Gasteiger partial charge < -0.3 is 25.4 Å². The van der Waals surface area contributed by atoms with Crippen LogP contribution in [0.4, 0.5) is 11.4 Å². The topological polar surface area (TPSA) is 154 Å². The summed E-state index contributed by atoms with van der Waals surface area (Å²) in [6, 6.07) is 22.2. The lowest BCUT2D eigenvalue weighted by molar-refractivity contribution is -0.111. The molecule has 3 aromatic carbocycles. The molecule has 0 saturated carbocycles. The van der Waals surface area contributed by atoms with Crippen molar-refractivity contribution in [3.63, 3.8) is 0 Å². The number of sulfonamides is 1. The molecule has 1 saturated heterocycles. The number of likely N-dealkylation sites (N-methyl/N-ethyl adjacent to an activating group) is 1. The molecule has 0 radical (unpaired) electrons. The summed E-state index contributed by atoms with van der Waals surface area (Å²) in [4.78, 5) is 38.4. The fourth-order valence-electron chi connectivity index (χ4n) is 5.83. The Kier molecular flexibility index (Phi) is 9.13. The van der Waals surface area contributed by atoms with Crippen molar-refractivity contribution in [2.45, 2.75) is 18.4 Å². The molecule has 5 N–H and O–H groups in total. The molecular formula is C36H37N7O4S. The first kappa shape index (κ1) is 32.6. The molecular weight excluding hydrogens is 627 g/mol. The summed E-state index contributed by atoms with van der Waals surface area (Å²) in [7, 11) is -1.74. The number of aryl methyl sites for hydroxylation is 1. The molecule has 0 spiro atoms. The molecule has 2 aromatic heterocycles. The highest BCUT2D eigenvalue weighted by atomic mass is 32.2. The highest BCUT2D eigenvalue weighted by molar-refractivity contribution is 7.89. The number of benzene rings is 3. The lowest BCUT2D eigenvalue weighted by Gasteiger charge is -2.34. The van der Waals surface area contributed by atoms with Gasteiger partial charge in [-0.1, -0.05) is 43.0 Å². The van der Waals surface area contributed by atoms with E-state index in [-0.39, 0.29) is 23.3 Å². The van der Waals surface area contributed by atoms with E-state index in [1.807, 2.05) is 25.1 Å². The highest BCUT2D eigenvalue weighted by Crippen LogP contribution is 2.40. The van der Waals surface area contributed by atoms with Crippen LogP contribution in [0.25, 0.3) is 33.4 Å². The van der Waals surface area contributed by atoms with E-state index in [9.17, 15) is 18.0 Å². The standard InChI is InChI=1S/C36H37N7O4S/c1-4-32(44)40-31-20-26(9-8-23(31)2)33-30-19-27(36(45)39-21-24-6-5-7-29(18-24)48(37,46)47)22-38-35(30)41-34(33)25-10-12-28(13-11-25)43-16-14-42(3)15-17-43/h4-13,18-20,22H,1,14-17,21H2,2-3H3,(H,38,41)(H,39,45)(H,40,44)(H2,37,46,47). The number of nitrogens with zero attached hydrogens (tertiary/aromatic N) is 3. The fraction of sp³-hybridized carbons (Fsp3) is 0.194. The van der Waals surface area contributed by atoms with Gasteiger partial charge in [0.1, 0.15) is 5.65 Å². The van der Waals surface area contributed by atoms with E-state index in [1.165, 1.54) is 24.4 Å². The first-order valence-corrected chi connectivity index (χ1v) is 17.0. The molecule has 246 valence electrons. The average molecular weight is 664 g/mol. The zero-order chi connectivity index (χ0) is 34.0. The number of pyridine rings is 1. The Labute approximate surface area is 279 Å². The van der Waals surface area contributed by atoms with Crippen LogP contribution >= 0.6 is 0 Å². The first-order chi connectivity index (χ1) is 23.0. The number of rotatable bonds is 9. The second-order valence-electron chi connectivity index (χ2n) is 11.9. The van der Waals surface area contributed by atoms with Gasteiger partial charge in [-0.25, -0.2) is 18.5 Å². The molecule has 5 aromatic rings. The van der Waals surface area contributed by atoms with E-state index in [2.05, 4.69) is 68.3 Å². The second kappa shape index (κ2) is 13.4. The number of hydrogen-bond acceptors (Lipinski definition) is 7. The third kappa shape index (κ3) is 7.00. The van der Waals surface area contributed by atoms with Crippen molar-refractivity contribution in [3.05, 3.63) is 108 Å². The molecule has 6 rings (SSSR count). The van der Waals surface area contributed by atoms with Crippen molar-refractivity contribution in [2.75, 3.05) is 43.4 Å². The zero-order valence-corrected chi connectivity index (χ0v) is 27.6. The molecule has 1 fully saturated rings. The number of carbonyl (C=O) groups is 2. The quantitative estimate of drug-likeness (QED) is 0.167. The number of hydrogen-bond donors (Lipinski definition) is 4. The zero-order valence-electron chi connectivity index (χ0n) is 26.8. The number of amides is 2. The molecule has 11 nitrogen and oxygen atoms in total. The molecule has 3 heterocycles. The molecule has 12 heteroatoms. The molecule has 1 aliphatic heterocycles. The van der Waals surface area contributed by atoms with Gasteiger partial charge >= 0.3 is 0 Å². The van der Waals surface area contributed by atoms with Crippen LogP contribution < -0.4 is 20.7 Å². The van der Waals surface area contributed by atoms with Gasteiger partial charge in [-0.15, -0.1) is 0 Å². The fourth-order valence-corrected chi connectivity index (χ4v) is 6.41. The number of carbonyl (C=O) groups excluding carboxylic acids is 2. The Balaban J connectivity index is 1.38. The maximum atomic E-state index is 13.4. The van der Waals surface area contributed by atoms with Crippen LogP contribution in [0.3, 0.4) is 0 Å². The number of nitrogens with one attached hydrogen (secondary N) is 3. The normalized spacial score (nSPS) is 13.8. The third-order valence-corrected chi connectivity index (χ3v) is 9.50.